The number of benzene rings is 1. The van der Waals surface area contributed by atoms with Crippen LogP contribution in [0.4, 0.5) is 11.5 Å². The molecular weight excluding hydrogens is 262 g/mol. The van der Waals surface area contributed by atoms with Gasteiger partial charge in [0.1, 0.15) is 16.8 Å². The molecule has 0 radical (unpaired) electrons. The molecule has 1 aromatic carbocycles. The summed E-state index contributed by atoms with van der Waals surface area (Å²) in [6.07, 6.45) is 1.27. The van der Waals surface area contributed by atoms with E-state index in [2.05, 4.69) is 15.0 Å². The number of carbonyl (C=O) groups is 1. The van der Waals surface area contributed by atoms with E-state index in [-0.39, 0.29) is 16.4 Å². The smallest absolute Gasteiger partial charge is 0.300 e. The van der Waals surface area contributed by atoms with Crippen molar-refractivity contribution in [1.82, 2.24) is 5.16 Å². The van der Waals surface area contributed by atoms with Gasteiger partial charge >= 0.3 is 5.69 Å². The van der Waals surface area contributed by atoms with Crippen molar-refractivity contribution in [2.45, 2.75) is 0 Å². The first-order chi connectivity index (χ1) is 8.59. The molecule has 2 rings (SSSR count). The maximum atomic E-state index is 11.8. The lowest BCUT2D eigenvalue weighted by molar-refractivity contribution is -0.385. The molecule has 0 aliphatic carbocycles. The Bertz CT molecular complexity index is 597. The molecule has 92 valence electrons. The largest absolute Gasteiger partial charge is 0.363 e. The fourth-order valence-electron chi connectivity index (χ4n) is 1.34. The lowest BCUT2D eigenvalue weighted by atomic mass is 10.1. The number of aromatic nitrogens is 1. The molecule has 0 unspecified atom stereocenters. The van der Waals surface area contributed by atoms with Gasteiger partial charge in [-0.15, -0.1) is 0 Å². The third kappa shape index (κ3) is 2.30. The van der Waals surface area contributed by atoms with E-state index in [1.807, 2.05) is 0 Å². The fraction of sp³-hybridized carbons (Fsp3) is 0. The highest BCUT2D eigenvalue weighted by atomic mass is 35.5. The van der Waals surface area contributed by atoms with E-state index in [0.717, 1.165) is 0 Å². The number of halogens is 1. The molecule has 1 heterocycles. The van der Waals surface area contributed by atoms with Gasteiger partial charge in [-0.3, -0.25) is 14.9 Å². The van der Waals surface area contributed by atoms with Gasteiger partial charge in [-0.25, -0.2) is 0 Å². The molecule has 8 heteroatoms. The third-order valence-corrected chi connectivity index (χ3v) is 2.40. The van der Waals surface area contributed by atoms with Gasteiger partial charge in [0.15, 0.2) is 5.82 Å². The van der Waals surface area contributed by atoms with Crippen molar-refractivity contribution in [2.24, 2.45) is 0 Å². The van der Waals surface area contributed by atoms with Crippen molar-refractivity contribution in [3.05, 3.63) is 51.2 Å². The number of anilines is 1. The predicted molar refractivity (Wildman–Crippen MR) is 62.6 cm³/mol. The van der Waals surface area contributed by atoms with Crippen LogP contribution < -0.4 is 5.32 Å². The summed E-state index contributed by atoms with van der Waals surface area (Å²) in [5.41, 5.74) is -0.587. The molecule has 18 heavy (non-hydrogen) atoms. The third-order valence-electron chi connectivity index (χ3n) is 2.09. The number of nitrogens with one attached hydrogen (secondary N) is 1. The SMILES string of the molecule is O=C(Nc1ccon1)c1cccc(Cl)c1[N+](=O)[O-]. The number of nitro groups is 1. The lowest BCUT2D eigenvalue weighted by Gasteiger charge is -2.03. The summed E-state index contributed by atoms with van der Waals surface area (Å²) in [6, 6.07) is 5.51. The molecule has 0 bridgehead atoms. The second kappa shape index (κ2) is 4.84. The highest BCUT2D eigenvalue weighted by Crippen LogP contribution is 2.28. The Labute approximate surface area is 105 Å². The quantitative estimate of drug-likeness (QED) is 0.680. The van der Waals surface area contributed by atoms with Crippen LogP contribution in [0.2, 0.25) is 5.02 Å². The normalized spacial score (nSPS) is 10.1. The molecule has 0 spiro atoms. The van der Waals surface area contributed by atoms with Crippen LogP contribution >= 0.6 is 11.6 Å². The van der Waals surface area contributed by atoms with Gasteiger partial charge in [0, 0.05) is 6.07 Å². The number of nitrogens with zero attached hydrogens (tertiary/aromatic N) is 2. The minimum absolute atomic E-state index is 0.104. The van der Waals surface area contributed by atoms with Crippen LogP contribution in [0.15, 0.2) is 35.1 Å². The zero-order chi connectivity index (χ0) is 13.1. The summed E-state index contributed by atoms with van der Waals surface area (Å²) in [6.45, 7) is 0. The lowest BCUT2D eigenvalue weighted by Crippen LogP contribution is -2.14. The van der Waals surface area contributed by atoms with Gasteiger partial charge in [0.05, 0.1) is 4.92 Å². The van der Waals surface area contributed by atoms with Crippen LogP contribution in [0.25, 0.3) is 0 Å². The average Bonchev–Trinajstić information content (AvgIpc) is 2.80. The molecule has 1 N–H and O–H groups in total. The summed E-state index contributed by atoms with van der Waals surface area (Å²) in [5.74, 6) is -0.521. The predicted octanol–water partition coefficient (Wildman–Crippen LogP) is 2.49. The minimum atomic E-state index is -0.708. The summed E-state index contributed by atoms with van der Waals surface area (Å²) in [7, 11) is 0. The van der Waals surface area contributed by atoms with Crippen LogP contribution in [-0.2, 0) is 0 Å². The van der Waals surface area contributed by atoms with Gasteiger partial charge < -0.3 is 9.84 Å². The first-order valence-corrected chi connectivity index (χ1v) is 5.12. The zero-order valence-electron chi connectivity index (χ0n) is 8.79. The monoisotopic (exact) mass is 267 g/mol. The molecule has 0 aliphatic rings. The topological polar surface area (TPSA) is 98.3 Å². The molecule has 0 aliphatic heterocycles. The molecule has 2 aromatic rings. The van der Waals surface area contributed by atoms with E-state index in [1.165, 1.54) is 30.5 Å². The highest BCUT2D eigenvalue weighted by Gasteiger charge is 2.23. The molecule has 1 amide bonds. The van der Waals surface area contributed by atoms with Crippen LogP contribution in [0.5, 0.6) is 0 Å². The van der Waals surface area contributed by atoms with E-state index < -0.39 is 16.5 Å². The molecule has 7 nitrogen and oxygen atoms in total. The molecular formula is C10H6ClN3O4. The van der Waals surface area contributed by atoms with Crippen LogP contribution in [0.1, 0.15) is 10.4 Å². The summed E-state index contributed by atoms with van der Waals surface area (Å²) >= 11 is 5.69. The van der Waals surface area contributed by atoms with Crippen molar-refractivity contribution in [2.75, 3.05) is 5.32 Å². The van der Waals surface area contributed by atoms with Gasteiger partial charge in [-0.05, 0) is 12.1 Å². The Morgan fingerprint density at radius 2 is 2.22 bits per heavy atom. The van der Waals surface area contributed by atoms with Crippen molar-refractivity contribution in [3.63, 3.8) is 0 Å². The standard InChI is InChI=1S/C10H6ClN3O4/c11-7-3-1-2-6(9(7)14(16)17)10(15)12-8-4-5-18-13-8/h1-5H,(H,12,13,15). The highest BCUT2D eigenvalue weighted by molar-refractivity contribution is 6.33. The summed E-state index contributed by atoms with van der Waals surface area (Å²) in [5, 5.41) is 16.6. The number of para-hydroxylation sites is 1. The van der Waals surface area contributed by atoms with Gasteiger partial charge in [-0.1, -0.05) is 22.8 Å². The Hall–Kier alpha value is -2.41. The maximum absolute atomic E-state index is 11.8. The molecule has 0 saturated heterocycles. The average molecular weight is 268 g/mol. The minimum Gasteiger partial charge on any atom is -0.363 e. The first-order valence-electron chi connectivity index (χ1n) is 4.74. The van der Waals surface area contributed by atoms with Crippen LogP contribution in [-0.4, -0.2) is 16.0 Å². The summed E-state index contributed by atoms with van der Waals surface area (Å²) < 4.78 is 4.53. The van der Waals surface area contributed by atoms with Crippen LogP contribution in [0, 0.1) is 10.1 Å². The van der Waals surface area contributed by atoms with Crippen LogP contribution in [0.3, 0.4) is 0 Å². The van der Waals surface area contributed by atoms with Gasteiger partial charge in [0.2, 0.25) is 0 Å². The van der Waals surface area contributed by atoms with Gasteiger partial charge in [0.25, 0.3) is 5.91 Å². The van der Waals surface area contributed by atoms with E-state index in [0.29, 0.717) is 0 Å². The second-order valence-corrected chi connectivity index (χ2v) is 3.64. The first kappa shape index (κ1) is 12.1. The number of amides is 1. The van der Waals surface area contributed by atoms with Gasteiger partial charge in [-0.2, -0.15) is 0 Å². The molecule has 0 fully saturated rings. The van der Waals surface area contributed by atoms with E-state index in [9.17, 15) is 14.9 Å². The number of hydrogen-bond acceptors (Lipinski definition) is 5. The maximum Gasteiger partial charge on any atom is 0.300 e. The summed E-state index contributed by atoms with van der Waals surface area (Å²) in [4.78, 5) is 22.0. The van der Waals surface area contributed by atoms with E-state index in [1.54, 1.807) is 0 Å². The second-order valence-electron chi connectivity index (χ2n) is 3.23. The van der Waals surface area contributed by atoms with Crippen molar-refractivity contribution in [1.29, 1.82) is 0 Å². The number of hydrogen-bond donors (Lipinski definition) is 1. The Kier molecular flexibility index (Phi) is 3.24. The Balaban J connectivity index is 2.36. The zero-order valence-corrected chi connectivity index (χ0v) is 9.55. The molecule has 0 saturated carbocycles. The number of nitro benzene ring substituents is 1. The van der Waals surface area contributed by atoms with E-state index >= 15 is 0 Å². The molecule has 0 atom stereocenters. The van der Waals surface area contributed by atoms with Crippen molar-refractivity contribution >= 4 is 29.0 Å². The number of rotatable bonds is 3. The number of carbonyl (C=O) groups excluding carboxylic acids is 1. The van der Waals surface area contributed by atoms with E-state index in [4.69, 9.17) is 11.6 Å². The van der Waals surface area contributed by atoms with Crippen molar-refractivity contribution in [3.8, 4) is 0 Å². The Morgan fingerprint density at radius 3 is 2.83 bits per heavy atom. The van der Waals surface area contributed by atoms with Crippen molar-refractivity contribution < 1.29 is 14.2 Å². The Morgan fingerprint density at radius 1 is 1.44 bits per heavy atom. The molecule has 1 aromatic heterocycles. The fourth-order valence-corrected chi connectivity index (χ4v) is 1.59.